The minimum Gasteiger partial charge on any atom is -0.399 e. The van der Waals surface area contributed by atoms with E-state index in [1.807, 2.05) is 30.7 Å². The average Bonchev–Trinajstić information content (AvgIpc) is 2.64. The lowest BCUT2D eigenvalue weighted by Crippen LogP contribution is -2.15. The third-order valence-corrected chi connectivity index (χ3v) is 4.16. The van der Waals surface area contributed by atoms with E-state index >= 15 is 0 Å². The van der Waals surface area contributed by atoms with Gasteiger partial charge in [0, 0.05) is 23.5 Å². The summed E-state index contributed by atoms with van der Waals surface area (Å²) in [5, 5.41) is 7.19. The molecule has 1 aromatic carbocycles. The zero-order chi connectivity index (χ0) is 14.7. The van der Waals surface area contributed by atoms with E-state index < -0.39 is 0 Å². The lowest BCUT2D eigenvalue weighted by Gasteiger charge is -2.07. The molecule has 0 aliphatic carbocycles. The number of nitrogen functional groups attached to an aromatic ring is 1. The topological polar surface area (TPSA) is 72.9 Å². The summed E-state index contributed by atoms with van der Waals surface area (Å²) >= 11 is 3.47. The van der Waals surface area contributed by atoms with Crippen LogP contribution in [-0.4, -0.2) is 15.7 Å². The van der Waals surface area contributed by atoms with Crippen LogP contribution in [0.3, 0.4) is 0 Å². The van der Waals surface area contributed by atoms with E-state index in [2.05, 4.69) is 26.3 Å². The maximum absolute atomic E-state index is 11.9. The number of nitrogens with zero attached hydrogens (tertiary/aromatic N) is 2. The lowest BCUT2D eigenvalue weighted by atomic mass is 10.2. The van der Waals surface area contributed by atoms with Gasteiger partial charge in [0.25, 0.3) is 0 Å². The van der Waals surface area contributed by atoms with Gasteiger partial charge in [0.15, 0.2) is 0 Å². The Hall–Kier alpha value is -1.82. The Bertz CT molecular complexity index is 636. The van der Waals surface area contributed by atoms with Gasteiger partial charge in [-0.05, 0) is 48.0 Å². The quantitative estimate of drug-likeness (QED) is 0.843. The molecule has 2 aromatic rings. The number of aryl methyl sites for hydroxylation is 2. The molecule has 0 radical (unpaired) electrons. The van der Waals surface area contributed by atoms with E-state index in [1.165, 1.54) is 0 Å². The van der Waals surface area contributed by atoms with Crippen LogP contribution in [0.15, 0.2) is 28.7 Å². The molecule has 6 heteroatoms. The summed E-state index contributed by atoms with van der Waals surface area (Å²) in [6.07, 6.45) is 0.364. The third kappa shape index (κ3) is 3.39. The molecule has 1 heterocycles. The molecule has 0 fully saturated rings. The predicted molar refractivity (Wildman–Crippen MR) is 83.5 cm³/mol. The van der Waals surface area contributed by atoms with Gasteiger partial charge in [-0.3, -0.25) is 9.48 Å². The van der Waals surface area contributed by atoms with Crippen LogP contribution in [0.4, 0.5) is 11.4 Å². The molecule has 1 amide bonds. The summed E-state index contributed by atoms with van der Waals surface area (Å²) in [4.78, 5) is 11.9. The number of hydrogen-bond acceptors (Lipinski definition) is 3. The molecule has 0 atom stereocenters. The van der Waals surface area contributed by atoms with Crippen molar-refractivity contribution < 1.29 is 4.79 Å². The predicted octanol–water partition coefficient (Wildman–Crippen LogP) is 2.87. The second kappa shape index (κ2) is 6.09. The highest BCUT2D eigenvalue weighted by Gasteiger charge is 2.10. The van der Waals surface area contributed by atoms with Crippen LogP contribution in [0.1, 0.15) is 17.8 Å². The molecule has 5 nitrogen and oxygen atoms in total. The fourth-order valence-corrected chi connectivity index (χ4v) is 2.22. The van der Waals surface area contributed by atoms with Gasteiger partial charge < -0.3 is 11.1 Å². The van der Waals surface area contributed by atoms with E-state index in [-0.39, 0.29) is 5.91 Å². The SMILES string of the molecule is Cc1nn(CCC(=O)Nc2cccc(N)c2)c(C)c1Br. The number of halogens is 1. The highest BCUT2D eigenvalue weighted by atomic mass is 79.9. The maximum Gasteiger partial charge on any atom is 0.226 e. The Kier molecular flexibility index (Phi) is 4.44. The number of rotatable bonds is 4. The van der Waals surface area contributed by atoms with Crippen LogP contribution in [0, 0.1) is 13.8 Å². The zero-order valence-electron chi connectivity index (χ0n) is 11.5. The molecule has 3 N–H and O–H groups in total. The van der Waals surface area contributed by atoms with Gasteiger partial charge in [-0.25, -0.2) is 0 Å². The summed E-state index contributed by atoms with van der Waals surface area (Å²) in [6.45, 7) is 4.45. The van der Waals surface area contributed by atoms with E-state index in [4.69, 9.17) is 5.73 Å². The second-order valence-corrected chi connectivity index (χ2v) is 5.42. The van der Waals surface area contributed by atoms with E-state index in [0.29, 0.717) is 24.3 Å². The molecule has 0 saturated heterocycles. The minimum absolute atomic E-state index is 0.0562. The number of carbonyl (C=O) groups excluding carboxylic acids is 1. The fourth-order valence-electron chi connectivity index (χ4n) is 1.94. The van der Waals surface area contributed by atoms with Crippen LogP contribution in [0.5, 0.6) is 0 Å². The van der Waals surface area contributed by atoms with E-state index in [0.717, 1.165) is 15.9 Å². The molecule has 0 unspecified atom stereocenters. The highest BCUT2D eigenvalue weighted by molar-refractivity contribution is 9.10. The highest BCUT2D eigenvalue weighted by Crippen LogP contribution is 2.20. The summed E-state index contributed by atoms with van der Waals surface area (Å²) in [5.74, 6) is -0.0562. The van der Waals surface area contributed by atoms with Crippen LogP contribution in [-0.2, 0) is 11.3 Å². The van der Waals surface area contributed by atoms with Gasteiger partial charge in [-0.1, -0.05) is 6.07 Å². The first-order valence-electron chi connectivity index (χ1n) is 6.32. The summed E-state index contributed by atoms with van der Waals surface area (Å²) < 4.78 is 2.83. The smallest absolute Gasteiger partial charge is 0.226 e. The number of hydrogen-bond donors (Lipinski definition) is 2. The molecular formula is C14H17BrN4O. The first-order chi connectivity index (χ1) is 9.47. The monoisotopic (exact) mass is 336 g/mol. The van der Waals surface area contributed by atoms with Gasteiger partial charge in [-0.15, -0.1) is 0 Å². The molecule has 0 aliphatic heterocycles. The van der Waals surface area contributed by atoms with Gasteiger partial charge in [-0.2, -0.15) is 5.10 Å². The van der Waals surface area contributed by atoms with Crippen molar-refractivity contribution in [2.24, 2.45) is 0 Å². The average molecular weight is 337 g/mol. The minimum atomic E-state index is -0.0562. The number of amides is 1. The molecule has 1 aromatic heterocycles. The molecule has 0 aliphatic rings. The largest absolute Gasteiger partial charge is 0.399 e. The number of carbonyl (C=O) groups is 1. The Morgan fingerprint density at radius 2 is 2.20 bits per heavy atom. The standard InChI is InChI=1S/C14H17BrN4O/c1-9-14(15)10(2)19(18-9)7-6-13(20)17-12-5-3-4-11(16)8-12/h3-5,8H,6-7,16H2,1-2H3,(H,17,20). The van der Waals surface area contributed by atoms with Crippen molar-refractivity contribution in [2.75, 3.05) is 11.1 Å². The van der Waals surface area contributed by atoms with Crippen LogP contribution >= 0.6 is 15.9 Å². The van der Waals surface area contributed by atoms with Crippen molar-refractivity contribution >= 4 is 33.2 Å². The summed E-state index contributed by atoms with van der Waals surface area (Å²) in [6, 6.07) is 7.14. The number of nitrogens with one attached hydrogen (secondary N) is 1. The van der Waals surface area contributed by atoms with E-state index in [1.54, 1.807) is 12.1 Å². The molecule has 106 valence electrons. The van der Waals surface area contributed by atoms with Gasteiger partial charge in [0.05, 0.1) is 16.7 Å². The Morgan fingerprint density at radius 1 is 1.45 bits per heavy atom. The van der Waals surface area contributed by atoms with Crippen molar-refractivity contribution in [3.05, 3.63) is 40.1 Å². The zero-order valence-corrected chi connectivity index (χ0v) is 13.1. The van der Waals surface area contributed by atoms with Crippen molar-refractivity contribution in [3.8, 4) is 0 Å². The molecule has 0 saturated carbocycles. The van der Waals surface area contributed by atoms with Crippen LogP contribution < -0.4 is 11.1 Å². The third-order valence-electron chi connectivity index (χ3n) is 3.01. The van der Waals surface area contributed by atoms with Crippen LogP contribution in [0.2, 0.25) is 0 Å². The number of aromatic nitrogens is 2. The molecular weight excluding hydrogens is 320 g/mol. The Morgan fingerprint density at radius 3 is 2.80 bits per heavy atom. The number of benzene rings is 1. The molecule has 0 spiro atoms. The molecule has 20 heavy (non-hydrogen) atoms. The van der Waals surface area contributed by atoms with Gasteiger partial charge in [0.2, 0.25) is 5.91 Å². The fraction of sp³-hybridized carbons (Fsp3) is 0.286. The summed E-state index contributed by atoms with van der Waals surface area (Å²) in [5.41, 5.74) is 8.97. The van der Waals surface area contributed by atoms with Crippen molar-refractivity contribution in [3.63, 3.8) is 0 Å². The first-order valence-corrected chi connectivity index (χ1v) is 7.11. The summed E-state index contributed by atoms with van der Waals surface area (Å²) in [7, 11) is 0. The van der Waals surface area contributed by atoms with Gasteiger partial charge >= 0.3 is 0 Å². The lowest BCUT2D eigenvalue weighted by molar-refractivity contribution is -0.116. The second-order valence-electron chi connectivity index (χ2n) is 4.63. The molecule has 2 rings (SSSR count). The van der Waals surface area contributed by atoms with Crippen molar-refractivity contribution in [1.29, 1.82) is 0 Å². The molecule has 0 bridgehead atoms. The first kappa shape index (κ1) is 14.6. The normalized spacial score (nSPS) is 10.6. The van der Waals surface area contributed by atoms with Crippen molar-refractivity contribution in [2.45, 2.75) is 26.8 Å². The Balaban J connectivity index is 1.94. The number of anilines is 2. The Labute approximate surface area is 126 Å². The van der Waals surface area contributed by atoms with Crippen LogP contribution in [0.25, 0.3) is 0 Å². The maximum atomic E-state index is 11.9. The van der Waals surface area contributed by atoms with Gasteiger partial charge in [0.1, 0.15) is 0 Å². The van der Waals surface area contributed by atoms with E-state index in [9.17, 15) is 4.79 Å². The number of nitrogens with two attached hydrogens (primary N) is 1. The van der Waals surface area contributed by atoms with Crippen molar-refractivity contribution in [1.82, 2.24) is 9.78 Å².